The number of aryl methyl sites for hydroxylation is 2. The predicted octanol–water partition coefficient (Wildman–Crippen LogP) is 5.22. The fraction of sp³-hybridized carbons (Fsp3) is 0.150. The van der Waals surface area contributed by atoms with Gasteiger partial charge in [-0.25, -0.2) is 4.98 Å². The summed E-state index contributed by atoms with van der Waals surface area (Å²) >= 11 is 1.86. The number of nitrogens with zero attached hydrogens (tertiary/aromatic N) is 2. The average Bonchev–Trinajstić information content (AvgIpc) is 3.27. The lowest BCUT2D eigenvalue weighted by Gasteiger charge is -2.06. The van der Waals surface area contributed by atoms with Crippen LogP contribution in [-0.2, 0) is 12.8 Å². The van der Waals surface area contributed by atoms with Gasteiger partial charge in [0.25, 0.3) is 0 Å². The third kappa shape index (κ3) is 1.97. The molecule has 0 unspecified atom stereocenters. The van der Waals surface area contributed by atoms with Crippen LogP contribution in [0.25, 0.3) is 27.5 Å². The molecule has 0 amide bonds. The van der Waals surface area contributed by atoms with Crippen molar-refractivity contribution < 1.29 is 0 Å². The molecule has 0 saturated heterocycles. The summed E-state index contributed by atoms with van der Waals surface area (Å²) in [7, 11) is 0. The summed E-state index contributed by atoms with van der Waals surface area (Å²) in [5, 5.41) is 0. The molecule has 0 N–H and O–H groups in total. The first-order valence-corrected chi connectivity index (χ1v) is 8.87. The van der Waals surface area contributed by atoms with Crippen molar-refractivity contribution in [3.8, 4) is 22.5 Å². The topological polar surface area (TPSA) is 17.3 Å². The molecule has 2 aromatic carbocycles. The highest BCUT2D eigenvalue weighted by molar-refractivity contribution is 7.17. The Kier molecular flexibility index (Phi) is 2.88. The zero-order chi connectivity index (χ0) is 15.2. The Morgan fingerprint density at radius 3 is 2.26 bits per heavy atom. The molecule has 2 aromatic heterocycles. The normalized spacial score (nSPS) is 13.6. The smallest absolute Gasteiger partial charge is 0.195 e. The molecule has 23 heavy (non-hydrogen) atoms. The summed E-state index contributed by atoms with van der Waals surface area (Å²) < 4.78 is 2.41. The van der Waals surface area contributed by atoms with Gasteiger partial charge in [0, 0.05) is 21.7 Å². The van der Waals surface area contributed by atoms with E-state index in [4.69, 9.17) is 4.98 Å². The minimum atomic E-state index is 1.10. The molecule has 0 atom stereocenters. The molecule has 4 aromatic rings. The summed E-state index contributed by atoms with van der Waals surface area (Å²) in [4.78, 5) is 7.65. The Labute approximate surface area is 139 Å². The second-order valence-corrected chi connectivity index (χ2v) is 7.05. The van der Waals surface area contributed by atoms with Crippen molar-refractivity contribution in [3.63, 3.8) is 0 Å². The van der Waals surface area contributed by atoms with E-state index in [1.807, 2.05) is 11.3 Å². The maximum Gasteiger partial charge on any atom is 0.195 e. The van der Waals surface area contributed by atoms with Crippen LogP contribution in [0.4, 0.5) is 0 Å². The van der Waals surface area contributed by atoms with Gasteiger partial charge in [0.1, 0.15) is 0 Å². The van der Waals surface area contributed by atoms with Crippen LogP contribution in [-0.4, -0.2) is 9.38 Å². The molecule has 3 heteroatoms. The van der Waals surface area contributed by atoms with E-state index in [-0.39, 0.29) is 0 Å². The van der Waals surface area contributed by atoms with Crippen molar-refractivity contribution in [1.82, 2.24) is 9.38 Å². The van der Waals surface area contributed by atoms with Crippen LogP contribution in [0, 0.1) is 0 Å². The molecule has 5 rings (SSSR count). The second-order valence-electron chi connectivity index (χ2n) is 5.98. The van der Waals surface area contributed by atoms with Gasteiger partial charge in [0.2, 0.25) is 0 Å². The van der Waals surface area contributed by atoms with E-state index in [2.05, 4.69) is 65.1 Å². The highest BCUT2D eigenvalue weighted by atomic mass is 32.1. The van der Waals surface area contributed by atoms with Crippen molar-refractivity contribution in [2.45, 2.75) is 19.3 Å². The molecule has 1 aliphatic carbocycles. The van der Waals surface area contributed by atoms with Crippen molar-refractivity contribution in [2.75, 3.05) is 0 Å². The minimum absolute atomic E-state index is 1.10. The molecule has 0 saturated carbocycles. The van der Waals surface area contributed by atoms with Crippen molar-refractivity contribution in [3.05, 3.63) is 71.2 Å². The van der Waals surface area contributed by atoms with Crippen LogP contribution >= 0.6 is 11.3 Å². The van der Waals surface area contributed by atoms with E-state index in [9.17, 15) is 0 Å². The van der Waals surface area contributed by atoms with Crippen LogP contribution in [0.15, 0.2) is 60.7 Å². The van der Waals surface area contributed by atoms with E-state index in [1.165, 1.54) is 46.7 Å². The number of aromatic nitrogens is 2. The Morgan fingerprint density at radius 2 is 1.52 bits per heavy atom. The van der Waals surface area contributed by atoms with Crippen molar-refractivity contribution in [2.24, 2.45) is 0 Å². The SMILES string of the molecule is c1ccc(-c2nc3sc4c(n3c2-c2ccccc2)CCC4)cc1. The maximum absolute atomic E-state index is 5.00. The number of thiazole rings is 1. The molecule has 0 aliphatic heterocycles. The molecule has 0 fully saturated rings. The van der Waals surface area contributed by atoms with Crippen LogP contribution in [0.5, 0.6) is 0 Å². The highest BCUT2D eigenvalue weighted by Crippen LogP contribution is 2.39. The number of fused-ring (bicyclic) bond motifs is 3. The molecule has 0 spiro atoms. The van der Waals surface area contributed by atoms with E-state index in [1.54, 1.807) is 0 Å². The minimum Gasteiger partial charge on any atom is -0.286 e. The molecule has 112 valence electrons. The fourth-order valence-corrected chi connectivity index (χ4v) is 4.74. The van der Waals surface area contributed by atoms with Gasteiger partial charge < -0.3 is 0 Å². The maximum atomic E-state index is 5.00. The van der Waals surface area contributed by atoms with Crippen LogP contribution in [0.1, 0.15) is 17.0 Å². The lowest BCUT2D eigenvalue weighted by atomic mass is 10.0. The van der Waals surface area contributed by atoms with E-state index in [0.717, 1.165) is 10.7 Å². The summed E-state index contributed by atoms with van der Waals surface area (Å²) in [6.45, 7) is 0. The summed E-state index contributed by atoms with van der Waals surface area (Å²) in [6.07, 6.45) is 3.64. The van der Waals surface area contributed by atoms with Crippen LogP contribution < -0.4 is 0 Å². The standard InChI is InChI=1S/C20H16N2S/c1-3-8-14(9-4-1)18-19(15-10-5-2-6-11-15)22-16-12-7-13-17(16)23-20(22)21-18/h1-6,8-11H,7,12-13H2. The number of benzene rings is 2. The fourth-order valence-electron chi connectivity index (χ4n) is 3.53. The Balaban J connectivity index is 1.87. The number of rotatable bonds is 2. The Bertz CT molecular complexity index is 981. The Morgan fingerprint density at radius 1 is 0.826 bits per heavy atom. The molecule has 2 nitrogen and oxygen atoms in total. The van der Waals surface area contributed by atoms with Crippen molar-refractivity contribution in [1.29, 1.82) is 0 Å². The lowest BCUT2D eigenvalue weighted by molar-refractivity contribution is 0.889. The van der Waals surface area contributed by atoms with Crippen LogP contribution in [0.3, 0.4) is 0 Å². The van der Waals surface area contributed by atoms with Gasteiger partial charge in [0.05, 0.1) is 11.4 Å². The molecule has 0 radical (unpaired) electrons. The second kappa shape index (κ2) is 5.07. The highest BCUT2D eigenvalue weighted by Gasteiger charge is 2.24. The summed E-state index contributed by atoms with van der Waals surface area (Å²) in [5.74, 6) is 0. The van der Waals surface area contributed by atoms with Gasteiger partial charge in [-0.05, 0) is 19.3 Å². The molecule has 0 bridgehead atoms. The largest absolute Gasteiger partial charge is 0.286 e. The third-order valence-corrected chi connectivity index (χ3v) is 5.71. The summed E-state index contributed by atoms with van der Waals surface area (Å²) in [5.41, 5.74) is 6.24. The molecule has 2 heterocycles. The zero-order valence-electron chi connectivity index (χ0n) is 12.7. The molecular formula is C20H16N2S. The quantitative estimate of drug-likeness (QED) is 0.495. The first-order chi connectivity index (χ1) is 11.4. The van der Waals surface area contributed by atoms with Gasteiger partial charge in [-0.2, -0.15) is 0 Å². The number of hydrogen-bond acceptors (Lipinski definition) is 2. The van der Waals surface area contributed by atoms with E-state index < -0.39 is 0 Å². The number of imidazole rings is 1. The third-order valence-electron chi connectivity index (χ3n) is 4.56. The average molecular weight is 316 g/mol. The zero-order valence-corrected chi connectivity index (χ0v) is 13.5. The van der Waals surface area contributed by atoms with Crippen molar-refractivity contribution >= 4 is 16.3 Å². The van der Waals surface area contributed by atoms with Gasteiger partial charge >= 0.3 is 0 Å². The van der Waals surface area contributed by atoms with Gasteiger partial charge in [-0.1, -0.05) is 60.7 Å². The first kappa shape index (κ1) is 13.1. The molecule has 1 aliphatic rings. The van der Waals surface area contributed by atoms with Gasteiger partial charge in [-0.15, -0.1) is 11.3 Å². The van der Waals surface area contributed by atoms with Crippen LogP contribution in [0.2, 0.25) is 0 Å². The van der Waals surface area contributed by atoms with Gasteiger partial charge in [-0.3, -0.25) is 4.40 Å². The van der Waals surface area contributed by atoms with Gasteiger partial charge in [0.15, 0.2) is 4.96 Å². The first-order valence-electron chi connectivity index (χ1n) is 8.05. The Hall–Kier alpha value is -2.39. The molecular weight excluding hydrogens is 300 g/mol. The van der Waals surface area contributed by atoms with E-state index in [0.29, 0.717) is 0 Å². The monoisotopic (exact) mass is 316 g/mol. The summed E-state index contributed by atoms with van der Waals surface area (Å²) in [6, 6.07) is 21.2. The number of hydrogen-bond donors (Lipinski definition) is 0. The predicted molar refractivity (Wildman–Crippen MR) is 96.0 cm³/mol. The van der Waals surface area contributed by atoms with E-state index >= 15 is 0 Å². The lowest BCUT2D eigenvalue weighted by Crippen LogP contribution is -1.93.